The summed E-state index contributed by atoms with van der Waals surface area (Å²) >= 11 is 0. The molecule has 2 rings (SSSR count). The summed E-state index contributed by atoms with van der Waals surface area (Å²) in [6, 6.07) is 12.4. The van der Waals surface area contributed by atoms with Gasteiger partial charge in [0.2, 0.25) is 0 Å². The summed E-state index contributed by atoms with van der Waals surface area (Å²) in [5.41, 5.74) is 1.95. The van der Waals surface area contributed by atoms with E-state index in [1.54, 1.807) is 12.1 Å². The fourth-order valence-electron chi connectivity index (χ4n) is 1.95. The van der Waals surface area contributed by atoms with Gasteiger partial charge in [-0.05, 0) is 47.9 Å². The molecule has 0 aliphatic heterocycles. The third kappa shape index (κ3) is 4.92. The van der Waals surface area contributed by atoms with Gasteiger partial charge in [0.1, 0.15) is 5.82 Å². The predicted molar refractivity (Wildman–Crippen MR) is 85.8 cm³/mol. The minimum absolute atomic E-state index is 0.376. The zero-order valence-electron chi connectivity index (χ0n) is 13.0. The third-order valence-corrected chi connectivity index (χ3v) is 3.28. The molecule has 0 atom stereocenters. The van der Waals surface area contributed by atoms with Crippen LogP contribution in [0.4, 0.5) is 10.1 Å². The van der Waals surface area contributed by atoms with Crippen LogP contribution in [0, 0.1) is 5.82 Å². The Morgan fingerprint density at radius 2 is 1.65 bits per heavy atom. The monoisotopic (exact) mass is 315 g/mol. The number of esters is 1. The number of nitrogens with one attached hydrogen (secondary N) is 1. The molecule has 0 saturated carbocycles. The van der Waals surface area contributed by atoms with Gasteiger partial charge in [-0.2, -0.15) is 0 Å². The molecule has 2 aromatic carbocycles. The molecule has 0 radical (unpaired) electrons. The largest absolute Gasteiger partial charge is 0.452 e. The number of ether oxygens (including phenoxy) is 1. The zero-order valence-corrected chi connectivity index (χ0v) is 13.0. The minimum Gasteiger partial charge on any atom is -0.452 e. The molecule has 0 bridgehead atoms. The van der Waals surface area contributed by atoms with Gasteiger partial charge >= 0.3 is 5.97 Å². The van der Waals surface area contributed by atoms with Gasteiger partial charge in [-0.1, -0.05) is 26.0 Å². The van der Waals surface area contributed by atoms with Crippen molar-refractivity contribution in [3.63, 3.8) is 0 Å². The van der Waals surface area contributed by atoms with Crippen LogP contribution in [0.1, 0.15) is 35.7 Å². The van der Waals surface area contributed by atoms with Crippen LogP contribution in [-0.2, 0) is 9.53 Å². The van der Waals surface area contributed by atoms with E-state index in [-0.39, 0.29) is 5.82 Å². The predicted octanol–water partition coefficient (Wildman–Crippen LogP) is 3.74. The molecule has 0 spiro atoms. The summed E-state index contributed by atoms with van der Waals surface area (Å²) < 4.78 is 17.7. The summed E-state index contributed by atoms with van der Waals surface area (Å²) in [4.78, 5) is 23.6. The SMILES string of the molecule is CC(C)c1ccc(C(=O)OCC(=O)Nc2ccc(F)cc2)cc1. The molecule has 23 heavy (non-hydrogen) atoms. The Labute approximate surface area is 134 Å². The van der Waals surface area contributed by atoms with Crippen molar-refractivity contribution in [3.8, 4) is 0 Å². The minimum atomic E-state index is -0.561. The number of benzene rings is 2. The highest BCUT2D eigenvalue weighted by atomic mass is 19.1. The van der Waals surface area contributed by atoms with E-state index in [1.165, 1.54) is 24.3 Å². The first kappa shape index (κ1) is 16.7. The van der Waals surface area contributed by atoms with Crippen LogP contribution >= 0.6 is 0 Å². The second kappa shape index (κ2) is 7.54. The Bertz CT molecular complexity index is 678. The maximum atomic E-state index is 12.8. The first-order chi connectivity index (χ1) is 11.0. The first-order valence-electron chi connectivity index (χ1n) is 7.28. The number of carbonyl (C=O) groups excluding carboxylic acids is 2. The average Bonchev–Trinajstić information content (AvgIpc) is 2.55. The third-order valence-electron chi connectivity index (χ3n) is 3.28. The van der Waals surface area contributed by atoms with Crippen LogP contribution in [0.2, 0.25) is 0 Å². The maximum Gasteiger partial charge on any atom is 0.338 e. The van der Waals surface area contributed by atoms with Crippen molar-refractivity contribution in [1.29, 1.82) is 0 Å². The highest BCUT2D eigenvalue weighted by Crippen LogP contribution is 2.15. The van der Waals surface area contributed by atoms with Crippen molar-refractivity contribution in [3.05, 3.63) is 65.5 Å². The molecule has 0 unspecified atom stereocenters. The zero-order chi connectivity index (χ0) is 16.8. The molecule has 1 N–H and O–H groups in total. The quantitative estimate of drug-likeness (QED) is 0.855. The van der Waals surface area contributed by atoms with E-state index >= 15 is 0 Å². The Morgan fingerprint density at radius 3 is 2.22 bits per heavy atom. The molecule has 0 aliphatic rings. The molecule has 0 aromatic heterocycles. The van der Waals surface area contributed by atoms with Gasteiger partial charge in [0.15, 0.2) is 6.61 Å². The highest BCUT2D eigenvalue weighted by Gasteiger charge is 2.11. The molecule has 0 saturated heterocycles. The molecule has 2 aromatic rings. The van der Waals surface area contributed by atoms with Gasteiger partial charge < -0.3 is 10.1 Å². The summed E-state index contributed by atoms with van der Waals surface area (Å²) in [6.07, 6.45) is 0. The fourth-order valence-corrected chi connectivity index (χ4v) is 1.95. The van der Waals surface area contributed by atoms with E-state index in [2.05, 4.69) is 19.2 Å². The van der Waals surface area contributed by atoms with Crippen LogP contribution in [-0.4, -0.2) is 18.5 Å². The van der Waals surface area contributed by atoms with Crippen molar-refractivity contribution in [2.24, 2.45) is 0 Å². The van der Waals surface area contributed by atoms with Crippen LogP contribution in [0.15, 0.2) is 48.5 Å². The van der Waals surface area contributed by atoms with Gasteiger partial charge in [0.05, 0.1) is 5.56 Å². The van der Waals surface area contributed by atoms with Crippen molar-refractivity contribution in [1.82, 2.24) is 0 Å². The molecule has 1 amide bonds. The number of rotatable bonds is 5. The number of hydrogen-bond acceptors (Lipinski definition) is 3. The lowest BCUT2D eigenvalue weighted by Gasteiger charge is -2.08. The fraction of sp³-hybridized carbons (Fsp3) is 0.222. The van der Waals surface area contributed by atoms with Gasteiger partial charge in [-0.3, -0.25) is 4.79 Å². The number of anilines is 1. The van der Waals surface area contributed by atoms with Crippen molar-refractivity contribution in [2.45, 2.75) is 19.8 Å². The van der Waals surface area contributed by atoms with Crippen molar-refractivity contribution in [2.75, 3.05) is 11.9 Å². The molecule has 120 valence electrons. The Morgan fingerprint density at radius 1 is 1.04 bits per heavy atom. The smallest absolute Gasteiger partial charge is 0.338 e. The van der Waals surface area contributed by atoms with Crippen LogP contribution < -0.4 is 5.32 Å². The number of hydrogen-bond donors (Lipinski definition) is 1. The van der Waals surface area contributed by atoms with Gasteiger partial charge in [-0.15, -0.1) is 0 Å². The van der Waals surface area contributed by atoms with E-state index in [9.17, 15) is 14.0 Å². The summed E-state index contributed by atoms with van der Waals surface area (Å²) in [5.74, 6) is -1.06. The summed E-state index contributed by atoms with van der Waals surface area (Å²) in [5, 5.41) is 2.52. The average molecular weight is 315 g/mol. The topological polar surface area (TPSA) is 55.4 Å². The van der Waals surface area contributed by atoms with Crippen LogP contribution in [0.5, 0.6) is 0 Å². The van der Waals surface area contributed by atoms with Crippen molar-refractivity contribution < 1.29 is 18.7 Å². The Kier molecular flexibility index (Phi) is 5.46. The Balaban J connectivity index is 1.85. The van der Waals surface area contributed by atoms with E-state index in [4.69, 9.17) is 4.74 Å². The molecule has 0 aliphatic carbocycles. The summed E-state index contributed by atoms with van der Waals surface area (Å²) in [7, 11) is 0. The molecular formula is C18H18FNO3. The second-order valence-electron chi connectivity index (χ2n) is 5.41. The number of carbonyl (C=O) groups is 2. The van der Waals surface area contributed by atoms with Gasteiger partial charge in [0.25, 0.3) is 5.91 Å². The second-order valence-corrected chi connectivity index (χ2v) is 5.41. The number of halogens is 1. The maximum absolute atomic E-state index is 12.8. The molecule has 5 heteroatoms. The van der Waals surface area contributed by atoms with Crippen molar-refractivity contribution >= 4 is 17.6 Å². The lowest BCUT2D eigenvalue weighted by molar-refractivity contribution is -0.119. The molecule has 0 fully saturated rings. The van der Waals surface area contributed by atoms with Gasteiger partial charge in [-0.25, -0.2) is 9.18 Å². The van der Waals surface area contributed by atoms with Crippen LogP contribution in [0.25, 0.3) is 0 Å². The number of amides is 1. The molecule has 4 nitrogen and oxygen atoms in total. The Hall–Kier alpha value is -2.69. The standard InChI is InChI=1S/C18H18FNO3/c1-12(2)13-3-5-14(6-4-13)18(22)23-11-17(21)20-16-9-7-15(19)8-10-16/h3-10,12H,11H2,1-2H3,(H,20,21). The summed E-state index contributed by atoms with van der Waals surface area (Å²) in [6.45, 7) is 3.72. The normalized spacial score (nSPS) is 10.4. The van der Waals surface area contributed by atoms with E-state index in [1.807, 2.05) is 12.1 Å². The van der Waals surface area contributed by atoms with Gasteiger partial charge in [0, 0.05) is 5.69 Å². The lowest BCUT2D eigenvalue weighted by atomic mass is 10.0. The van der Waals surface area contributed by atoms with Crippen LogP contribution in [0.3, 0.4) is 0 Å². The molecule has 0 heterocycles. The van der Waals surface area contributed by atoms with E-state index in [0.29, 0.717) is 17.2 Å². The lowest BCUT2D eigenvalue weighted by Crippen LogP contribution is -2.20. The first-order valence-corrected chi connectivity index (χ1v) is 7.28. The molecular weight excluding hydrogens is 297 g/mol. The highest BCUT2D eigenvalue weighted by molar-refractivity contribution is 5.95. The van der Waals surface area contributed by atoms with E-state index in [0.717, 1.165) is 5.56 Å². The van der Waals surface area contributed by atoms with E-state index < -0.39 is 18.5 Å².